The van der Waals surface area contributed by atoms with E-state index in [4.69, 9.17) is 0 Å². The predicted molar refractivity (Wildman–Crippen MR) is 192 cm³/mol. The average Bonchev–Trinajstić information content (AvgIpc) is 3.48. The Kier molecular flexibility index (Phi) is 5.75. The lowest BCUT2D eigenvalue weighted by Gasteiger charge is -2.26. The molecule has 0 bridgehead atoms. The summed E-state index contributed by atoms with van der Waals surface area (Å²) in [6, 6.07) is 59.5. The minimum Gasteiger partial charge on any atom is -0.310 e. The van der Waals surface area contributed by atoms with E-state index < -0.39 is 0 Å². The van der Waals surface area contributed by atoms with Crippen LogP contribution in [0.1, 0.15) is 0 Å². The molecule has 1 aromatic heterocycles. The van der Waals surface area contributed by atoms with Gasteiger partial charge < -0.3 is 4.90 Å². The largest absolute Gasteiger partial charge is 0.310 e. The number of hydrogen-bond acceptors (Lipinski definition) is 2. The van der Waals surface area contributed by atoms with Gasteiger partial charge in [0.15, 0.2) is 0 Å². The molecule has 0 saturated heterocycles. The molecule has 206 valence electrons. The van der Waals surface area contributed by atoms with Crippen molar-refractivity contribution in [1.82, 2.24) is 0 Å². The molecule has 9 rings (SSSR count). The monoisotopic (exact) mass is 577 g/mol. The topological polar surface area (TPSA) is 3.24 Å². The molecule has 8 aromatic carbocycles. The van der Waals surface area contributed by atoms with E-state index in [1.54, 1.807) is 0 Å². The van der Waals surface area contributed by atoms with Crippen LogP contribution in [0.15, 0.2) is 164 Å². The molecular weight excluding hydrogens is 551 g/mol. The second kappa shape index (κ2) is 10.1. The molecule has 0 aliphatic heterocycles. The fourth-order valence-electron chi connectivity index (χ4n) is 6.73. The van der Waals surface area contributed by atoms with Gasteiger partial charge in [0.05, 0.1) is 0 Å². The molecule has 9 aromatic rings. The molecule has 0 saturated carbocycles. The van der Waals surface area contributed by atoms with Crippen molar-refractivity contribution in [1.29, 1.82) is 0 Å². The third-order valence-corrected chi connectivity index (χ3v) is 10.0. The van der Waals surface area contributed by atoms with Crippen LogP contribution in [0.3, 0.4) is 0 Å². The van der Waals surface area contributed by atoms with E-state index in [-0.39, 0.29) is 0 Å². The van der Waals surface area contributed by atoms with Crippen LogP contribution in [-0.2, 0) is 0 Å². The maximum Gasteiger partial charge on any atom is 0.0468 e. The maximum absolute atomic E-state index is 2.35. The summed E-state index contributed by atoms with van der Waals surface area (Å²) in [5.41, 5.74) is 5.85. The quantitative estimate of drug-likeness (QED) is 0.188. The van der Waals surface area contributed by atoms with Crippen LogP contribution in [0.25, 0.3) is 63.6 Å². The Labute approximate surface area is 259 Å². The van der Waals surface area contributed by atoms with E-state index >= 15 is 0 Å². The van der Waals surface area contributed by atoms with Crippen LogP contribution in [0, 0.1) is 0 Å². The highest BCUT2D eigenvalue weighted by molar-refractivity contribution is 7.26. The summed E-state index contributed by atoms with van der Waals surface area (Å²) in [4.78, 5) is 2.35. The number of nitrogens with zero attached hydrogens (tertiary/aromatic N) is 1. The van der Waals surface area contributed by atoms with Crippen LogP contribution >= 0.6 is 11.3 Å². The molecular formula is C42H27NS. The second-order valence-corrected chi connectivity index (χ2v) is 12.4. The predicted octanol–water partition coefficient (Wildman–Crippen LogP) is 12.7. The first kappa shape index (κ1) is 25.1. The molecule has 0 spiro atoms. The van der Waals surface area contributed by atoms with E-state index in [0.717, 1.165) is 17.1 Å². The minimum absolute atomic E-state index is 1.13. The highest BCUT2D eigenvalue weighted by Gasteiger charge is 2.16. The molecule has 0 aliphatic carbocycles. The van der Waals surface area contributed by atoms with Crippen molar-refractivity contribution in [3.05, 3.63) is 164 Å². The normalized spacial score (nSPS) is 11.6. The van der Waals surface area contributed by atoms with Crippen molar-refractivity contribution in [3.8, 4) is 11.1 Å². The summed E-state index contributed by atoms with van der Waals surface area (Å²) in [5.74, 6) is 0. The van der Waals surface area contributed by atoms with Gasteiger partial charge in [-0.2, -0.15) is 0 Å². The number of thiophene rings is 1. The van der Waals surface area contributed by atoms with Gasteiger partial charge in [-0.15, -0.1) is 11.3 Å². The van der Waals surface area contributed by atoms with Crippen molar-refractivity contribution in [3.63, 3.8) is 0 Å². The maximum atomic E-state index is 2.35. The zero-order valence-electron chi connectivity index (χ0n) is 23.9. The van der Waals surface area contributed by atoms with Gasteiger partial charge in [0.25, 0.3) is 0 Å². The Morgan fingerprint density at radius 2 is 0.932 bits per heavy atom. The first-order chi connectivity index (χ1) is 21.8. The van der Waals surface area contributed by atoms with Crippen molar-refractivity contribution in [2.75, 3.05) is 4.90 Å². The third kappa shape index (κ3) is 4.00. The fourth-order valence-corrected chi connectivity index (χ4v) is 7.99. The zero-order chi connectivity index (χ0) is 29.0. The number of para-hydroxylation sites is 1. The Bertz CT molecular complexity index is 2480. The van der Waals surface area contributed by atoms with Crippen molar-refractivity contribution in [2.45, 2.75) is 0 Å². The average molecular weight is 578 g/mol. The van der Waals surface area contributed by atoms with Crippen molar-refractivity contribution >= 4 is 80.9 Å². The Hall–Kier alpha value is -5.44. The van der Waals surface area contributed by atoms with Crippen LogP contribution < -0.4 is 4.90 Å². The summed E-state index contributed by atoms with van der Waals surface area (Å²) in [6.45, 7) is 0. The molecule has 0 unspecified atom stereocenters. The van der Waals surface area contributed by atoms with Gasteiger partial charge in [-0.3, -0.25) is 0 Å². The van der Waals surface area contributed by atoms with Gasteiger partial charge in [-0.05, 0) is 80.5 Å². The third-order valence-electron chi connectivity index (χ3n) is 8.81. The zero-order valence-corrected chi connectivity index (χ0v) is 24.8. The second-order valence-electron chi connectivity index (χ2n) is 11.4. The highest BCUT2D eigenvalue weighted by atomic mass is 32.1. The van der Waals surface area contributed by atoms with Crippen LogP contribution in [0.5, 0.6) is 0 Å². The molecule has 0 N–H and O–H groups in total. The van der Waals surface area contributed by atoms with Crippen molar-refractivity contribution < 1.29 is 0 Å². The lowest BCUT2D eigenvalue weighted by molar-refractivity contribution is 1.29. The Balaban J connectivity index is 1.25. The fraction of sp³-hybridized carbons (Fsp3) is 0. The van der Waals surface area contributed by atoms with Crippen LogP contribution in [-0.4, -0.2) is 0 Å². The minimum atomic E-state index is 1.13. The molecule has 0 radical (unpaired) electrons. The number of fused-ring (bicyclic) bond motifs is 9. The summed E-state index contributed by atoms with van der Waals surface area (Å²) in [5, 5.41) is 10.5. The molecule has 0 aliphatic rings. The highest BCUT2D eigenvalue weighted by Crippen LogP contribution is 2.44. The van der Waals surface area contributed by atoms with Gasteiger partial charge in [0, 0.05) is 42.6 Å². The van der Waals surface area contributed by atoms with E-state index in [1.807, 2.05) is 11.3 Å². The molecule has 44 heavy (non-hydrogen) atoms. The number of rotatable bonds is 4. The van der Waals surface area contributed by atoms with Gasteiger partial charge in [-0.1, -0.05) is 121 Å². The van der Waals surface area contributed by atoms with E-state index in [1.165, 1.54) is 63.6 Å². The van der Waals surface area contributed by atoms with E-state index in [0.29, 0.717) is 0 Å². The first-order valence-corrected chi connectivity index (χ1v) is 15.8. The first-order valence-electron chi connectivity index (χ1n) is 15.0. The number of benzene rings is 8. The molecule has 1 heterocycles. The van der Waals surface area contributed by atoms with Crippen molar-refractivity contribution in [2.24, 2.45) is 0 Å². The van der Waals surface area contributed by atoms with Gasteiger partial charge in [0.2, 0.25) is 0 Å². The van der Waals surface area contributed by atoms with E-state index in [9.17, 15) is 0 Å². The Morgan fingerprint density at radius 3 is 1.73 bits per heavy atom. The molecule has 0 amide bonds. The molecule has 0 atom stereocenters. The summed E-state index contributed by atoms with van der Waals surface area (Å²) < 4.78 is 2.71. The summed E-state index contributed by atoms with van der Waals surface area (Å²) in [7, 11) is 0. The summed E-state index contributed by atoms with van der Waals surface area (Å²) in [6.07, 6.45) is 0. The smallest absolute Gasteiger partial charge is 0.0468 e. The lowest BCUT2D eigenvalue weighted by atomic mass is 9.95. The summed E-state index contributed by atoms with van der Waals surface area (Å²) >= 11 is 1.91. The number of hydrogen-bond donors (Lipinski definition) is 0. The van der Waals surface area contributed by atoms with Crippen LogP contribution in [0.2, 0.25) is 0 Å². The standard InChI is InChI=1S/C42H27NS/c1-3-9-28(10-4-1)29-19-22-34(23-20-29)43(33-11-5-2-6-12-33)35-24-26-36-32(27-35)18-17-30-15-16-31-21-25-38-37-13-7-8-14-39(37)44-42(38)41(31)40(30)36/h1-27H. The Morgan fingerprint density at radius 1 is 0.364 bits per heavy atom. The van der Waals surface area contributed by atoms with Gasteiger partial charge in [-0.25, -0.2) is 0 Å². The van der Waals surface area contributed by atoms with Crippen LogP contribution in [0.4, 0.5) is 17.1 Å². The van der Waals surface area contributed by atoms with Gasteiger partial charge >= 0.3 is 0 Å². The van der Waals surface area contributed by atoms with E-state index in [2.05, 4.69) is 169 Å². The molecule has 2 heteroatoms. The molecule has 1 nitrogen and oxygen atoms in total. The SMILES string of the molecule is c1ccc(-c2ccc(N(c3ccccc3)c3ccc4c(ccc5ccc6ccc7c8ccccc8sc7c6c54)c3)cc2)cc1. The lowest BCUT2D eigenvalue weighted by Crippen LogP contribution is -2.09. The van der Waals surface area contributed by atoms with Gasteiger partial charge in [0.1, 0.15) is 0 Å². The number of anilines is 3. The molecule has 0 fully saturated rings.